The lowest BCUT2D eigenvalue weighted by Crippen LogP contribution is -2.43. The normalized spacial score (nSPS) is 31.2. The summed E-state index contributed by atoms with van der Waals surface area (Å²) in [6.45, 7) is 1.52. The van der Waals surface area contributed by atoms with E-state index in [0.29, 0.717) is 6.61 Å². The molecule has 1 saturated heterocycles. The third-order valence-corrected chi connectivity index (χ3v) is 2.60. The fourth-order valence-corrected chi connectivity index (χ4v) is 1.59. The Bertz CT molecular complexity index is 175. The molecule has 0 radical (unpaired) electrons. The lowest BCUT2D eigenvalue weighted by molar-refractivity contribution is 0.127. The molecular weight excluding hydrogens is 152 g/mol. The molecule has 0 saturated carbocycles. The Morgan fingerprint density at radius 3 is 2.67 bits per heavy atom. The summed E-state index contributed by atoms with van der Waals surface area (Å²) in [5, 5.41) is 9.09. The summed E-state index contributed by atoms with van der Waals surface area (Å²) >= 11 is 0. The van der Waals surface area contributed by atoms with Crippen LogP contribution >= 0.6 is 0 Å². The topological polar surface area (TPSA) is 36.3 Å². The van der Waals surface area contributed by atoms with E-state index in [0.717, 1.165) is 25.9 Å². The molecule has 1 heterocycles. The van der Waals surface area contributed by atoms with Gasteiger partial charge in [-0.1, -0.05) is 0 Å². The van der Waals surface area contributed by atoms with E-state index >= 15 is 0 Å². The van der Waals surface area contributed by atoms with Crippen molar-refractivity contribution in [3.05, 3.63) is 0 Å². The van der Waals surface area contributed by atoms with Crippen molar-refractivity contribution >= 4 is 0 Å². The van der Waals surface area contributed by atoms with Gasteiger partial charge in [-0.2, -0.15) is 5.26 Å². The Kier molecular flexibility index (Phi) is 3.07. The van der Waals surface area contributed by atoms with Gasteiger partial charge in [0.25, 0.3) is 0 Å². The first-order chi connectivity index (χ1) is 5.71. The predicted octanol–water partition coefficient (Wildman–Crippen LogP) is 1.01. The van der Waals surface area contributed by atoms with E-state index in [1.165, 1.54) is 0 Å². The molecule has 0 amide bonds. The van der Waals surface area contributed by atoms with Crippen molar-refractivity contribution in [1.29, 1.82) is 5.26 Å². The molecular formula is C9H16N2O. The van der Waals surface area contributed by atoms with Crippen LogP contribution in [0.25, 0.3) is 0 Å². The van der Waals surface area contributed by atoms with Gasteiger partial charge in [0, 0.05) is 19.6 Å². The molecule has 1 aliphatic rings. The number of hydrogen-bond donors (Lipinski definition) is 0. The highest BCUT2D eigenvalue weighted by atomic mass is 16.5. The molecule has 1 rings (SSSR count). The second kappa shape index (κ2) is 3.88. The maximum Gasteiger partial charge on any atom is 0.111 e. The van der Waals surface area contributed by atoms with E-state index in [2.05, 4.69) is 6.07 Å². The molecule has 0 aromatic carbocycles. The molecule has 1 atom stereocenters. The summed E-state index contributed by atoms with van der Waals surface area (Å²) in [5.41, 5.74) is -0.281. The maximum absolute atomic E-state index is 9.09. The standard InChI is InChI=1S/C9H16N2O/c1-11(2)9(8-10)4-3-6-12-7-5-9/h3-7H2,1-2H3. The Labute approximate surface area is 73.9 Å². The minimum atomic E-state index is -0.281. The van der Waals surface area contributed by atoms with Gasteiger partial charge in [-0.05, 0) is 26.9 Å². The van der Waals surface area contributed by atoms with Gasteiger partial charge in [0.1, 0.15) is 5.54 Å². The lowest BCUT2D eigenvalue weighted by atomic mass is 9.91. The zero-order chi connectivity index (χ0) is 9.03. The van der Waals surface area contributed by atoms with Crippen molar-refractivity contribution in [3.8, 4) is 6.07 Å². The van der Waals surface area contributed by atoms with Gasteiger partial charge < -0.3 is 4.74 Å². The van der Waals surface area contributed by atoms with Crippen LogP contribution in [0, 0.1) is 11.3 Å². The molecule has 0 aromatic rings. The minimum Gasteiger partial charge on any atom is -0.381 e. The maximum atomic E-state index is 9.09. The lowest BCUT2D eigenvalue weighted by Gasteiger charge is -2.31. The average Bonchev–Trinajstić information content (AvgIpc) is 2.29. The highest BCUT2D eigenvalue weighted by molar-refractivity contribution is 5.07. The molecule has 0 N–H and O–H groups in total. The van der Waals surface area contributed by atoms with Crippen LogP contribution in [0.2, 0.25) is 0 Å². The van der Waals surface area contributed by atoms with Crippen LogP contribution in [0.15, 0.2) is 0 Å². The number of hydrogen-bond acceptors (Lipinski definition) is 3. The van der Waals surface area contributed by atoms with Crippen molar-refractivity contribution < 1.29 is 4.74 Å². The molecule has 1 fully saturated rings. The summed E-state index contributed by atoms with van der Waals surface area (Å²) in [5.74, 6) is 0. The second-order valence-corrected chi connectivity index (χ2v) is 3.50. The third-order valence-electron chi connectivity index (χ3n) is 2.60. The van der Waals surface area contributed by atoms with Gasteiger partial charge in [-0.15, -0.1) is 0 Å². The van der Waals surface area contributed by atoms with Crippen LogP contribution in [0.3, 0.4) is 0 Å². The van der Waals surface area contributed by atoms with Crippen molar-refractivity contribution in [2.45, 2.75) is 24.8 Å². The Morgan fingerprint density at radius 2 is 2.08 bits per heavy atom. The SMILES string of the molecule is CN(C)C1(C#N)CCCOCC1. The van der Waals surface area contributed by atoms with Gasteiger partial charge in [-0.25, -0.2) is 0 Å². The van der Waals surface area contributed by atoms with Gasteiger partial charge in [0.15, 0.2) is 0 Å². The van der Waals surface area contributed by atoms with Gasteiger partial charge >= 0.3 is 0 Å². The highest BCUT2D eigenvalue weighted by Crippen LogP contribution is 2.25. The van der Waals surface area contributed by atoms with Crippen LogP contribution in [-0.2, 0) is 4.74 Å². The molecule has 68 valence electrons. The van der Waals surface area contributed by atoms with Gasteiger partial charge in [0.05, 0.1) is 6.07 Å². The van der Waals surface area contributed by atoms with E-state index in [-0.39, 0.29) is 5.54 Å². The minimum absolute atomic E-state index is 0.281. The average molecular weight is 168 g/mol. The second-order valence-electron chi connectivity index (χ2n) is 3.50. The number of nitriles is 1. The van der Waals surface area contributed by atoms with Crippen LogP contribution in [0.5, 0.6) is 0 Å². The first kappa shape index (κ1) is 9.50. The summed E-state index contributed by atoms with van der Waals surface area (Å²) < 4.78 is 5.32. The zero-order valence-electron chi connectivity index (χ0n) is 7.84. The van der Waals surface area contributed by atoms with E-state index in [1.807, 2.05) is 19.0 Å². The van der Waals surface area contributed by atoms with Crippen molar-refractivity contribution in [3.63, 3.8) is 0 Å². The van der Waals surface area contributed by atoms with E-state index in [9.17, 15) is 0 Å². The summed E-state index contributed by atoms with van der Waals surface area (Å²) in [7, 11) is 3.93. The van der Waals surface area contributed by atoms with Crippen molar-refractivity contribution in [2.75, 3.05) is 27.3 Å². The van der Waals surface area contributed by atoms with Crippen molar-refractivity contribution in [2.24, 2.45) is 0 Å². The molecule has 3 nitrogen and oxygen atoms in total. The van der Waals surface area contributed by atoms with E-state index in [1.54, 1.807) is 0 Å². The number of nitrogens with zero attached hydrogens (tertiary/aromatic N) is 2. The quantitative estimate of drug-likeness (QED) is 0.586. The molecule has 0 spiro atoms. The molecule has 12 heavy (non-hydrogen) atoms. The molecule has 0 aromatic heterocycles. The number of ether oxygens (including phenoxy) is 1. The van der Waals surface area contributed by atoms with Gasteiger partial charge in [-0.3, -0.25) is 4.90 Å². The van der Waals surface area contributed by atoms with Crippen LogP contribution < -0.4 is 0 Å². The Hall–Kier alpha value is -0.590. The van der Waals surface area contributed by atoms with Gasteiger partial charge in [0.2, 0.25) is 0 Å². The fourth-order valence-electron chi connectivity index (χ4n) is 1.59. The van der Waals surface area contributed by atoms with Crippen molar-refractivity contribution in [1.82, 2.24) is 4.90 Å². The predicted molar refractivity (Wildman–Crippen MR) is 46.7 cm³/mol. The molecule has 1 aliphatic heterocycles. The van der Waals surface area contributed by atoms with E-state index < -0.39 is 0 Å². The molecule has 3 heteroatoms. The fraction of sp³-hybridized carbons (Fsp3) is 0.889. The first-order valence-electron chi connectivity index (χ1n) is 4.38. The smallest absolute Gasteiger partial charge is 0.111 e. The Balaban J connectivity index is 2.70. The number of rotatable bonds is 1. The largest absolute Gasteiger partial charge is 0.381 e. The van der Waals surface area contributed by atoms with E-state index in [4.69, 9.17) is 10.00 Å². The van der Waals surface area contributed by atoms with Crippen LogP contribution in [-0.4, -0.2) is 37.7 Å². The molecule has 0 bridgehead atoms. The zero-order valence-corrected chi connectivity index (χ0v) is 7.84. The van der Waals surface area contributed by atoms with Crippen LogP contribution in [0.1, 0.15) is 19.3 Å². The highest BCUT2D eigenvalue weighted by Gasteiger charge is 2.33. The monoisotopic (exact) mass is 168 g/mol. The summed E-state index contributed by atoms with van der Waals surface area (Å²) in [6, 6.07) is 2.40. The summed E-state index contributed by atoms with van der Waals surface area (Å²) in [6.07, 6.45) is 2.75. The van der Waals surface area contributed by atoms with Crippen LogP contribution in [0.4, 0.5) is 0 Å². The molecule has 0 aliphatic carbocycles. The first-order valence-corrected chi connectivity index (χ1v) is 4.38. The molecule has 1 unspecified atom stereocenters. The summed E-state index contributed by atoms with van der Waals surface area (Å²) in [4.78, 5) is 2.02. The third kappa shape index (κ3) is 1.77. The Morgan fingerprint density at radius 1 is 1.33 bits per heavy atom.